The zero-order valence-electron chi connectivity index (χ0n) is 15.7. The van der Waals surface area contributed by atoms with Gasteiger partial charge in [-0.05, 0) is 37.5 Å². The molecule has 1 aromatic carbocycles. The second-order valence-electron chi connectivity index (χ2n) is 6.46. The Balaban J connectivity index is 1.65. The van der Waals surface area contributed by atoms with E-state index in [2.05, 4.69) is 10.3 Å². The van der Waals surface area contributed by atoms with Crippen LogP contribution in [0.2, 0.25) is 0 Å². The van der Waals surface area contributed by atoms with E-state index in [1.165, 1.54) is 18.4 Å². The van der Waals surface area contributed by atoms with Crippen molar-refractivity contribution >= 4 is 34.0 Å². The van der Waals surface area contributed by atoms with Crippen LogP contribution in [0, 0.1) is 12.8 Å². The molecule has 3 rings (SSSR count). The quantitative estimate of drug-likeness (QED) is 0.791. The molecule has 144 valence electrons. The van der Waals surface area contributed by atoms with E-state index in [0.717, 1.165) is 11.3 Å². The van der Waals surface area contributed by atoms with Gasteiger partial charge in [-0.15, -0.1) is 11.3 Å². The molecule has 1 N–H and O–H groups in total. The zero-order chi connectivity index (χ0) is 19.4. The second-order valence-corrected chi connectivity index (χ2v) is 7.31. The lowest BCUT2D eigenvalue weighted by molar-refractivity contribution is -0.146. The summed E-state index contributed by atoms with van der Waals surface area (Å²) in [4.78, 5) is 30.5. The Morgan fingerprint density at radius 3 is 2.67 bits per heavy atom. The number of piperidine rings is 1. The summed E-state index contributed by atoms with van der Waals surface area (Å²) in [5.41, 5.74) is 2.31. The fraction of sp³-hybridized carbons (Fsp3) is 0.421. The average Bonchev–Trinajstić information content (AvgIpc) is 3.15. The van der Waals surface area contributed by atoms with Crippen LogP contribution < -0.4 is 10.1 Å². The van der Waals surface area contributed by atoms with Crippen molar-refractivity contribution in [1.82, 2.24) is 9.88 Å². The molecule has 0 radical (unpaired) electrons. The van der Waals surface area contributed by atoms with E-state index in [-0.39, 0.29) is 17.8 Å². The van der Waals surface area contributed by atoms with Gasteiger partial charge in [0, 0.05) is 18.5 Å². The second kappa shape index (κ2) is 8.39. The number of hydrogen-bond acceptors (Lipinski definition) is 7. The van der Waals surface area contributed by atoms with Crippen LogP contribution in [0.25, 0.3) is 0 Å². The molecule has 1 aromatic heterocycles. The summed E-state index contributed by atoms with van der Waals surface area (Å²) in [5, 5.41) is 5.60. The molecule has 1 saturated heterocycles. The van der Waals surface area contributed by atoms with Gasteiger partial charge in [-0.3, -0.25) is 9.59 Å². The standard InChI is InChI=1S/C19H23N3O4S/c1-12-4-5-16(25-2)14(10-12)20-19-21-15(11-27-19)17(23)22-8-6-13(7-9-22)18(24)26-3/h4-5,10-11,13H,6-9H2,1-3H3,(H,20,21). The highest BCUT2D eigenvalue weighted by Gasteiger charge is 2.29. The van der Waals surface area contributed by atoms with Crippen molar-refractivity contribution in [3.05, 3.63) is 34.8 Å². The van der Waals surface area contributed by atoms with Crippen molar-refractivity contribution in [2.75, 3.05) is 32.6 Å². The number of carbonyl (C=O) groups is 2. The summed E-state index contributed by atoms with van der Waals surface area (Å²) >= 11 is 1.37. The molecule has 0 unspecified atom stereocenters. The number of hydrogen-bond donors (Lipinski definition) is 1. The van der Waals surface area contributed by atoms with E-state index >= 15 is 0 Å². The highest BCUT2D eigenvalue weighted by molar-refractivity contribution is 7.14. The highest BCUT2D eigenvalue weighted by atomic mass is 32.1. The lowest BCUT2D eigenvalue weighted by Gasteiger charge is -2.30. The van der Waals surface area contributed by atoms with Crippen molar-refractivity contribution < 1.29 is 19.1 Å². The van der Waals surface area contributed by atoms with Crippen LogP contribution in [-0.2, 0) is 9.53 Å². The summed E-state index contributed by atoms with van der Waals surface area (Å²) in [6.45, 7) is 3.06. The summed E-state index contributed by atoms with van der Waals surface area (Å²) in [6, 6.07) is 5.83. The maximum atomic E-state index is 12.7. The molecule has 0 atom stereocenters. The van der Waals surface area contributed by atoms with Crippen molar-refractivity contribution in [2.45, 2.75) is 19.8 Å². The van der Waals surface area contributed by atoms with Gasteiger partial charge >= 0.3 is 5.97 Å². The topological polar surface area (TPSA) is 80.8 Å². The molecule has 1 aliphatic rings. The minimum atomic E-state index is -0.200. The first-order valence-corrected chi connectivity index (χ1v) is 9.64. The predicted octanol–water partition coefficient (Wildman–Crippen LogP) is 3.23. The van der Waals surface area contributed by atoms with E-state index in [9.17, 15) is 9.59 Å². The van der Waals surface area contributed by atoms with Crippen molar-refractivity contribution in [1.29, 1.82) is 0 Å². The van der Waals surface area contributed by atoms with Crippen LogP contribution in [0.4, 0.5) is 10.8 Å². The number of carbonyl (C=O) groups excluding carboxylic acids is 2. The monoisotopic (exact) mass is 389 g/mol. The molecule has 0 spiro atoms. The molecular weight excluding hydrogens is 366 g/mol. The number of nitrogens with zero attached hydrogens (tertiary/aromatic N) is 2. The number of benzene rings is 1. The van der Waals surface area contributed by atoms with E-state index in [1.54, 1.807) is 17.4 Å². The normalized spacial score (nSPS) is 14.7. The molecule has 1 aliphatic heterocycles. The third kappa shape index (κ3) is 4.39. The Bertz CT molecular complexity index is 828. The molecule has 2 aromatic rings. The van der Waals surface area contributed by atoms with E-state index in [0.29, 0.717) is 42.5 Å². The molecule has 0 saturated carbocycles. The van der Waals surface area contributed by atoms with Crippen LogP contribution in [0.1, 0.15) is 28.9 Å². The number of aryl methyl sites for hydroxylation is 1. The predicted molar refractivity (Wildman–Crippen MR) is 104 cm³/mol. The Labute approximate surface area is 162 Å². The third-order valence-corrected chi connectivity index (χ3v) is 5.39. The van der Waals surface area contributed by atoms with Crippen LogP contribution in [0.15, 0.2) is 23.6 Å². The average molecular weight is 389 g/mol. The zero-order valence-corrected chi connectivity index (χ0v) is 16.5. The van der Waals surface area contributed by atoms with Gasteiger partial charge in [0.05, 0.1) is 25.8 Å². The first-order chi connectivity index (χ1) is 13.0. The molecule has 7 nitrogen and oxygen atoms in total. The fourth-order valence-corrected chi connectivity index (χ4v) is 3.81. The molecule has 2 heterocycles. The van der Waals surface area contributed by atoms with Crippen molar-refractivity contribution in [2.24, 2.45) is 5.92 Å². The Morgan fingerprint density at radius 2 is 2.00 bits per heavy atom. The summed E-state index contributed by atoms with van der Waals surface area (Å²) in [7, 11) is 3.01. The first-order valence-electron chi connectivity index (χ1n) is 8.76. The minimum Gasteiger partial charge on any atom is -0.495 e. The summed E-state index contributed by atoms with van der Waals surface area (Å²) in [5.74, 6) is 0.280. The van der Waals surface area contributed by atoms with Crippen LogP contribution in [-0.4, -0.2) is 49.1 Å². The number of esters is 1. The smallest absolute Gasteiger partial charge is 0.308 e. The molecule has 27 heavy (non-hydrogen) atoms. The molecule has 0 aliphatic carbocycles. The number of aromatic nitrogens is 1. The number of methoxy groups -OCH3 is 2. The number of ether oxygens (including phenoxy) is 2. The van der Waals surface area contributed by atoms with E-state index < -0.39 is 0 Å². The number of thiazole rings is 1. The number of likely N-dealkylation sites (tertiary alicyclic amines) is 1. The largest absolute Gasteiger partial charge is 0.495 e. The number of rotatable bonds is 5. The van der Waals surface area contributed by atoms with Gasteiger partial charge in [0.25, 0.3) is 5.91 Å². The first kappa shape index (κ1) is 19.2. The van der Waals surface area contributed by atoms with Crippen molar-refractivity contribution in [3.8, 4) is 5.75 Å². The number of anilines is 2. The van der Waals surface area contributed by atoms with Crippen molar-refractivity contribution in [3.63, 3.8) is 0 Å². The Kier molecular flexibility index (Phi) is 5.95. The lowest BCUT2D eigenvalue weighted by Crippen LogP contribution is -2.40. The Morgan fingerprint density at radius 1 is 1.26 bits per heavy atom. The number of nitrogens with one attached hydrogen (secondary N) is 1. The fourth-order valence-electron chi connectivity index (χ4n) is 3.11. The van der Waals surface area contributed by atoms with Gasteiger partial charge in [-0.1, -0.05) is 6.07 Å². The summed E-state index contributed by atoms with van der Waals surface area (Å²) < 4.78 is 10.1. The summed E-state index contributed by atoms with van der Waals surface area (Å²) in [6.07, 6.45) is 1.24. The molecule has 0 bridgehead atoms. The lowest BCUT2D eigenvalue weighted by atomic mass is 9.97. The van der Waals surface area contributed by atoms with Gasteiger partial charge in [-0.2, -0.15) is 0 Å². The van der Waals surface area contributed by atoms with Crippen LogP contribution >= 0.6 is 11.3 Å². The maximum absolute atomic E-state index is 12.7. The van der Waals surface area contributed by atoms with Gasteiger partial charge in [0.15, 0.2) is 5.13 Å². The SMILES string of the molecule is COC(=O)C1CCN(C(=O)c2csc(Nc3cc(C)ccc3OC)n2)CC1. The van der Waals surface area contributed by atoms with Gasteiger partial charge in [0.2, 0.25) is 0 Å². The van der Waals surface area contributed by atoms with Crippen LogP contribution in [0.5, 0.6) is 5.75 Å². The van der Waals surface area contributed by atoms with E-state index in [4.69, 9.17) is 9.47 Å². The van der Waals surface area contributed by atoms with E-state index in [1.807, 2.05) is 25.1 Å². The van der Waals surface area contributed by atoms with Gasteiger partial charge in [-0.25, -0.2) is 4.98 Å². The highest BCUT2D eigenvalue weighted by Crippen LogP contribution is 2.30. The Hall–Kier alpha value is -2.61. The number of amides is 1. The molecule has 1 fully saturated rings. The molecule has 1 amide bonds. The molecular formula is C19H23N3O4S. The van der Waals surface area contributed by atoms with Crippen LogP contribution in [0.3, 0.4) is 0 Å². The maximum Gasteiger partial charge on any atom is 0.308 e. The minimum absolute atomic E-state index is 0.112. The van der Waals surface area contributed by atoms with Gasteiger partial charge in [0.1, 0.15) is 11.4 Å². The third-order valence-electron chi connectivity index (χ3n) is 4.64. The van der Waals surface area contributed by atoms with Gasteiger partial charge < -0.3 is 19.7 Å². The molecule has 8 heteroatoms.